The molecule has 0 fully saturated rings. The number of unbranched alkanes of at least 4 members (excludes halogenated alkanes) is 2. The molecule has 0 spiro atoms. The van der Waals surface area contributed by atoms with E-state index in [2.05, 4.69) is 97.2 Å². The van der Waals surface area contributed by atoms with E-state index in [1.807, 2.05) is 12.2 Å². The number of nitrogens with one attached hydrogen (secondary N) is 2. The van der Waals surface area contributed by atoms with Crippen molar-refractivity contribution in [2.45, 2.75) is 83.0 Å². The molecule has 2 aliphatic heterocycles. The highest BCUT2D eigenvalue weighted by Crippen LogP contribution is 2.47. The maximum Gasteiger partial charge on any atom is 0.294 e. The Bertz CT molecular complexity index is 1840. The smallest absolute Gasteiger partial charge is 0.294 e. The Balaban J connectivity index is 1.35. The Kier molecular flexibility index (Phi) is 14.8. The first-order valence-electron chi connectivity index (χ1n) is 18.6. The zero-order chi connectivity index (χ0) is 38.6. The number of nitrogens with zero attached hydrogens (tertiary/aromatic N) is 2. The van der Waals surface area contributed by atoms with E-state index in [0.717, 1.165) is 42.8 Å². The number of hydrogen-bond acceptors (Lipinski definition) is 7. The van der Waals surface area contributed by atoms with Gasteiger partial charge in [-0.25, -0.2) is 0 Å². The van der Waals surface area contributed by atoms with Gasteiger partial charge in [-0.3, -0.25) is 14.1 Å². The lowest BCUT2D eigenvalue weighted by Gasteiger charge is -2.25. The minimum absolute atomic E-state index is 0.0191. The molecule has 2 aliphatic rings. The van der Waals surface area contributed by atoms with Crippen molar-refractivity contribution >= 4 is 39.0 Å². The number of carbonyl (C=O) groups excluding carboxylic acids is 2. The zero-order valence-corrected chi connectivity index (χ0v) is 32.9. The molecule has 2 aromatic carbocycles. The van der Waals surface area contributed by atoms with Crippen LogP contribution in [-0.4, -0.2) is 87.7 Å². The largest absolute Gasteiger partial charge is 0.377 e. The standard InChI is InChI=1S/C41H56N4O7S/c1-7-44-35-17-14-13-16-33(35)40(3,4)37(44)18-10-8-11-19-38-41(5,6)34-30-32(53(48,49)50)21-22-36(34)45(38)25-15-9-12-20-39(47)43-24-27-52-29-28-51-26-23-42-31(2)46/h8,10-11,13-14,16-19,21-22,30H,7,9,12,15,20,23-29H2,1-6H3,(H2-,42,43,46,47,48,49,50)/p+1. The van der Waals surface area contributed by atoms with Crippen LogP contribution in [0.4, 0.5) is 11.4 Å². The maximum absolute atomic E-state index is 12.4. The van der Waals surface area contributed by atoms with Gasteiger partial charge >= 0.3 is 0 Å². The molecular formula is C41H57N4O7S+. The van der Waals surface area contributed by atoms with Crippen molar-refractivity contribution in [2.75, 3.05) is 57.5 Å². The first-order chi connectivity index (χ1) is 25.2. The molecule has 11 nitrogen and oxygen atoms in total. The lowest BCUT2D eigenvalue weighted by atomic mass is 9.81. The van der Waals surface area contributed by atoms with Crippen molar-refractivity contribution in [2.24, 2.45) is 0 Å². The van der Waals surface area contributed by atoms with Gasteiger partial charge in [-0.1, -0.05) is 50.3 Å². The Morgan fingerprint density at radius 1 is 0.868 bits per heavy atom. The third-order valence-electron chi connectivity index (χ3n) is 9.85. The highest BCUT2D eigenvalue weighted by atomic mass is 32.2. The van der Waals surface area contributed by atoms with E-state index in [0.29, 0.717) is 52.5 Å². The molecule has 2 heterocycles. The highest BCUT2D eigenvalue weighted by molar-refractivity contribution is 7.85. The van der Waals surface area contributed by atoms with Gasteiger partial charge in [-0.15, -0.1) is 0 Å². The number of para-hydroxylation sites is 1. The van der Waals surface area contributed by atoms with Crippen LogP contribution in [0.1, 0.15) is 78.4 Å². The number of allylic oxidation sites excluding steroid dienone is 6. The number of rotatable bonds is 20. The van der Waals surface area contributed by atoms with Crippen LogP contribution in [0.2, 0.25) is 0 Å². The summed E-state index contributed by atoms with van der Waals surface area (Å²) in [5.41, 5.74) is 5.94. The SMILES string of the molecule is CCN1\C(=C/C=C/C=C/C2=[N+](CCCCCC(=O)NCCOCCOCCNC(C)=O)c3ccc(S(=O)(=O)O)cc3C2(C)C)C(C)(C)c2ccccc21. The lowest BCUT2D eigenvalue weighted by Crippen LogP contribution is -2.28. The number of benzene rings is 2. The maximum atomic E-state index is 12.4. The van der Waals surface area contributed by atoms with Crippen LogP contribution in [0.3, 0.4) is 0 Å². The van der Waals surface area contributed by atoms with Gasteiger partial charge in [0.2, 0.25) is 17.5 Å². The Labute approximate surface area is 315 Å². The van der Waals surface area contributed by atoms with Crippen LogP contribution in [0.25, 0.3) is 0 Å². The minimum atomic E-state index is -4.36. The second kappa shape index (κ2) is 18.8. The van der Waals surface area contributed by atoms with Crippen molar-refractivity contribution in [1.82, 2.24) is 10.6 Å². The number of fused-ring (bicyclic) bond motifs is 2. The molecule has 0 bridgehead atoms. The topological polar surface area (TPSA) is 137 Å². The minimum Gasteiger partial charge on any atom is -0.377 e. The van der Waals surface area contributed by atoms with Gasteiger partial charge in [0.05, 0.1) is 36.7 Å². The fraction of sp³-hybridized carbons (Fsp3) is 0.488. The summed E-state index contributed by atoms with van der Waals surface area (Å²) in [7, 11) is -4.36. The van der Waals surface area contributed by atoms with Crippen LogP contribution >= 0.6 is 0 Å². The predicted molar refractivity (Wildman–Crippen MR) is 210 cm³/mol. The zero-order valence-electron chi connectivity index (χ0n) is 32.1. The van der Waals surface area contributed by atoms with Crippen molar-refractivity contribution in [3.63, 3.8) is 0 Å². The number of hydrogen-bond donors (Lipinski definition) is 3. The summed E-state index contributed by atoms with van der Waals surface area (Å²) in [6.07, 6.45) is 13.2. The van der Waals surface area contributed by atoms with Crippen LogP contribution in [0.5, 0.6) is 0 Å². The summed E-state index contributed by atoms with van der Waals surface area (Å²) in [4.78, 5) is 25.5. The van der Waals surface area contributed by atoms with E-state index in [-0.39, 0.29) is 22.1 Å². The summed E-state index contributed by atoms with van der Waals surface area (Å²) in [5.74, 6) is -0.108. The van der Waals surface area contributed by atoms with Gasteiger partial charge < -0.3 is 25.0 Å². The van der Waals surface area contributed by atoms with E-state index in [1.54, 1.807) is 12.1 Å². The van der Waals surface area contributed by atoms with Crippen LogP contribution < -0.4 is 15.5 Å². The number of carbonyl (C=O) groups is 2. The van der Waals surface area contributed by atoms with Gasteiger partial charge in [0.25, 0.3) is 10.1 Å². The summed E-state index contributed by atoms with van der Waals surface area (Å²) < 4.78 is 47.0. The molecule has 4 rings (SSSR count). The van der Waals surface area contributed by atoms with Crippen molar-refractivity contribution in [3.05, 3.63) is 89.7 Å². The molecule has 3 N–H and O–H groups in total. The number of likely N-dealkylation sites (N-methyl/N-ethyl adjacent to an activating group) is 1. The molecule has 0 saturated heterocycles. The second-order valence-corrected chi connectivity index (χ2v) is 15.8. The molecule has 2 amide bonds. The van der Waals surface area contributed by atoms with Crippen LogP contribution in [0, 0.1) is 0 Å². The molecule has 2 aromatic rings. The number of anilines is 1. The van der Waals surface area contributed by atoms with E-state index in [4.69, 9.17) is 9.47 Å². The lowest BCUT2D eigenvalue weighted by molar-refractivity contribution is -0.438. The molecule has 0 unspecified atom stereocenters. The van der Waals surface area contributed by atoms with Crippen LogP contribution in [0.15, 0.2) is 83.4 Å². The first kappa shape index (κ1) is 41.7. The molecular weight excluding hydrogens is 693 g/mol. The van der Waals surface area contributed by atoms with Crippen molar-refractivity contribution < 1.29 is 36.6 Å². The fourth-order valence-corrected chi connectivity index (χ4v) is 7.61. The Morgan fingerprint density at radius 2 is 1.57 bits per heavy atom. The summed E-state index contributed by atoms with van der Waals surface area (Å²) in [6.45, 7) is 16.4. The monoisotopic (exact) mass is 749 g/mol. The summed E-state index contributed by atoms with van der Waals surface area (Å²) in [6, 6.07) is 13.4. The average Bonchev–Trinajstić information content (AvgIpc) is 3.46. The van der Waals surface area contributed by atoms with Gasteiger partial charge in [0, 0.05) is 73.9 Å². The second-order valence-electron chi connectivity index (χ2n) is 14.4. The molecule has 0 atom stereocenters. The fourth-order valence-electron chi connectivity index (χ4n) is 7.10. The van der Waals surface area contributed by atoms with Gasteiger partial charge in [0.1, 0.15) is 6.54 Å². The molecule has 0 aromatic heterocycles. The molecule has 0 saturated carbocycles. The average molecular weight is 750 g/mol. The summed E-state index contributed by atoms with van der Waals surface area (Å²) >= 11 is 0. The first-order valence-corrected chi connectivity index (χ1v) is 20.0. The molecule has 0 aliphatic carbocycles. The third-order valence-corrected chi connectivity index (χ3v) is 10.7. The van der Waals surface area contributed by atoms with Gasteiger partial charge in [-0.2, -0.15) is 13.0 Å². The molecule has 12 heteroatoms. The molecule has 53 heavy (non-hydrogen) atoms. The number of amides is 2. The number of ether oxygens (including phenoxy) is 2. The third kappa shape index (κ3) is 10.7. The summed E-state index contributed by atoms with van der Waals surface area (Å²) in [5, 5.41) is 5.55. The van der Waals surface area contributed by atoms with E-state index < -0.39 is 15.5 Å². The van der Waals surface area contributed by atoms with E-state index in [1.165, 1.54) is 29.9 Å². The Morgan fingerprint density at radius 3 is 2.25 bits per heavy atom. The molecule has 288 valence electrons. The molecule has 0 radical (unpaired) electrons. The van der Waals surface area contributed by atoms with E-state index >= 15 is 0 Å². The van der Waals surface area contributed by atoms with E-state index in [9.17, 15) is 22.6 Å². The normalized spacial score (nSPS) is 16.9. The Hall–Kier alpha value is -4.10. The van der Waals surface area contributed by atoms with Gasteiger partial charge in [-0.05, 0) is 63.5 Å². The van der Waals surface area contributed by atoms with Crippen molar-refractivity contribution in [1.29, 1.82) is 0 Å². The van der Waals surface area contributed by atoms with Gasteiger partial charge in [0.15, 0.2) is 5.71 Å². The van der Waals surface area contributed by atoms with Crippen molar-refractivity contribution in [3.8, 4) is 0 Å². The highest BCUT2D eigenvalue weighted by Gasteiger charge is 2.45. The predicted octanol–water partition coefficient (Wildman–Crippen LogP) is 5.97. The quantitative estimate of drug-likeness (QED) is 0.0653. The van der Waals surface area contributed by atoms with Crippen LogP contribution in [-0.2, 0) is 40.0 Å².